The number of rotatable bonds is 4. The fraction of sp³-hybridized carbons (Fsp3) is 0.579. The molecule has 1 N–H and O–H groups in total. The summed E-state index contributed by atoms with van der Waals surface area (Å²) in [5, 5.41) is 2.83. The van der Waals surface area contributed by atoms with Crippen LogP contribution in [0.1, 0.15) is 58.4 Å². The Balaban J connectivity index is 1.90. The molecule has 0 radical (unpaired) electrons. The number of ether oxygens (including phenoxy) is 2. The van der Waals surface area contributed by atoms with Crippen LogP contribution < -0.4 is 5.32 Å². The summed E-state index contributed by atoms with van der Waals surface area (Å²) in [6.45, 7) is 7.29. The van der Waals surface area contributed by atoms with Gasteiger partial charge in [-0.3, -0.25) is 0 Å². The summed E-state index contributed by atoms with van der Waals surface area (Å²) in [4.78, 5) is 16.8. The second-order valence-corrected chi connectivity index (χ2v) is 7.82. The highest BCUT2D eigenvalue weighted by molar-refractivity contribution is 5.77. The van der Waals surface area contributed by atoms with Gasteiger partial charge in [0.1, 0.15) is 17.2 Å². The van der Waals surface area contributed by atoms with Crippen LogP contribution in [0.25, 0.3) is 11.0 Å². The molecule has 0 spiro atoms. The number of halogens is 1. The third kappa shape index (κ3) is 3.82. The van der Waals surface area contributed by atoms with Crippen LogP contribution in [-0.2, 0) is 9.47 Å². The molecule has 1 amide bonds. The lowest BCUT2D eigenvalue weighted by Crippen LogP contribution is -2.37. The average molecular weight is 363 g/mol. The number of benzene rings is 1. The van der Waals surface area contributed by atoms with E-state index in [1.54, 1.807) is 13.2 Å². The van der Waals surface area contributed by atoms with E-state index in [0.717, 1.165) is 18.4 Å². The van der Waals surface area contributed by atoms with Crippen LogP contribution in [0.3, 0.4) is 0 Å². The van der Waals surface area contributed by atoms with Crippen molar-refractivity contribution in [2.75, 3.05) is 7.11 Å². The first kappa shape index (κ1) is 18.6. The highest BCUT2D eigenvalue weighted by Gasteiger charge is 2.34. The van der Waals surface area contributed by atoms with Crippen LogP contribution in [0.5, 0.6) is 0 Å². The summed E-state index contributed by atoms with van der Waals surface area (Å²) >= 11 is 0. The largest absolute Gasteiger partial charge is 0.444 e. The van der Waals surface area contributed by atoms with Gasteiger partial charge in [-0.1, -0.05) is 0 Å². The zero-order chi connectivity index (χ0) is 19.1. The summed E-state index contributed by atoms with van der Waals surface area (Å²) in [6.07, 6.45) is 1.38. The third-order valence-electron chi connectivity index (χ3n) is 4.57. The number of alkyl carbamates (subject to hydrolysis) is 1. The molecule has 6 nitrogen and oxygen atoms in total. The van der Waals surface area contributed by atoms with E-state index in [1.807, 2.05) is 32.3 Å². The van der Waals surface area contributed by atoms with E-state index in [9.17, 15) is 9.18 Å². The molecule has 1 heterocycles. The Morgan fingerprint density at radius 3 is 2.69 bits per heavy atom. The molecule has 142 valence electrons. The lowest BCUT2D eigenvalue weighted by molar-refractivity contribution is 0.00600. The lowest BCUT2D eigenvalue weighted by atomic mass is 9.88. The van der Waals surface area contributed by atoms with Gasteiger partial charge in [0.15, 0.2) is 0 Å². The van der Waals surface area contributed by atoms with E-state index >= 15 is 0 Å². The number of carbonyl (C=O) groups is 1. The predicted octanol–water partition coefficient (Wildman–Crippen LogP) is 4.11. The van der Waals surface area contributed by atoms with Crippen LogP contribution in [0.4, 0.5) is 9.18 Å². The Kier molecular flexibility index (Phi) is 4.92. The zero-order valence-corrected chi connectivity index (χ0v) is 15.9. The number of methoxy groups -OCH3 is 1. The standard InChI is InChI=1S/C19H26FN3O3/c1-11(21-18(24)26-19(2,3)4)17-22-15-7-6-12(20)8-16(15)23(17)13-9-14(10-13)25-5/h6-8,11,13-14H,9-10H2,1-5H3,(H,21,24)/t11-,13-,14+/m0/s1. The predicted molar refractivity (Wildman–Crippen MR) is 96.5 cm³/mol. The molecule has 1 aromatic carbocycles. The van der Waals surface area contributed by atoms with Crippen molar-refractivity contribution >= 4 is 17.1 Å². The van der Waals surface area contributed by atoms with Crippen molar-refractivity contribution in [2.45, 2.75) is 64.3 Å². The number of carbonyl (C=O) groups excluding carboxylic acids is 1. The fourth-order valence-corrected chi connectivity index (χ4v) is 3.26. The molecule has 26 heavy (non-hydrogen) atoms. The van der Waals surface area contributed by atoms with Crippen LogP contribution in [0.15, 0.2) is 18.2 Å². The second kappa shape index (κ2) is 6.87. The molecule has 7 heteroatoms. The summed E-state index contributed by atoms with van der Waals surface area (Å²) < 4.78 is 26.5. The first-order valence-corrected chi connectivity index (χ1v) is 8.87. The Morgan fingerprint density at radius 1 is 1.38 bits per heavy atom. The minimum absolute atomic E-state index is 0.171. The number of nitrogens with one attached hydrogen (secondary N) is 1. The molecule has 1 fully saturated rings. The third-order valence-corrected chi connectivity index (χ3v) is 4.57. The van der Waals surface area contributed by atoms with Gasteiger partial charge in [-0.15, -0.1) is 0 Å². The van der Waals surface area contributed by atoms with E-state index in [1.165, 1.54) is 12.1 Å². The maximum absolute atomic E-state index is 13.8. The van der Waals surface area contributed by atoms with Gasteiger partial charge in [0, 0.05) is 13.2 Å². The van der Waals surface area contributed by atoms with Crippen LogP contribution >= 0.6 is 0 Å². The normalized spacial score (nSPS) is 21.3. The second-order valence-electron chi connectivity index (χ2n) is 7.82. The van der Waals surface area contributed by atoms with Gasteiger partial charge in [-0.2, -0.15) is 0 Å². The van der Waals surface area contributed by atoms with Gasteiger partial charge in [-0.25, -0.2) is 14.2 Å². The molecule has 0 unspecified atom stereocenters. The monoisotopic (exact) mass is 363 g/mol. The van der Waals surface area contributed by atoms with Crippen molar-refractivity contribution in [2.24, 2.45) is 0 Å². The van der Waals surface area contributed by atoms with Crippen molar-refractivity contribution in [3.8, 4) is 0 Å². The lowest BCUT2D eigenvalue weighted by Gasteiger charge is -2.37. The number of amides is 1. The number of nitrogens with zero attached hydrogens (tertiary/aromatic N) is 2. The fourth-order valence-electron chi connectivity index (χ4n) is 3.26. The molecule has 3 rings (SSSR count). The highest BCUT2D eigenvalue weighted by Crippen LogP contribution is 2.38. The van der Waals surface area contributed by atoms with Crippen molar-refractivity contribution in [3.63, 3.8) is 0 Å². The quantitative estimate of drug-likeness (QED) is 0.888. The Morgan fingerprint density at radius 2 is 2.08 bits per heavy atom. The number of hydrogen-bond acceptors (Lipinski definition) is 4. The minimum atomic E-state index is -0.577. The van der Waals surface area contributed by atoms with Gasteiger partial charge >= 0.3 is 6.09 Å². The molecule has 1 aliphatic rings. The van der Waals surface area contributed by atoms with Crippen molar-refractivity contribution < 1.29 is 18.7 Å². The average Bonchev–Trinajstić information content (AvgIpc) is 2.83. The maximum atomic E-state index is 13.8. The van der Waals surface area contributed by atoms with Gasteiger partial charge in [0.25, 0.3) is 0 Å². The minimum Gasteiger partial charge on any atom is -0.444 e. The van der Waals surface area contributed by atoms with Crippen LogP contribution in [0, 0.1) is 5.82 Å². The number of aromatic nitrogens is 2. The van der Waals surface area contributed by atoms with Crippen LogP contribution in [-0.4, -0.2) is 34.5 Å². The molecule has 0 bridgehead atoms. The molecule has 2 aromatic rings. The summed E-state index contributed by atoms with van der Waals surface area (Å²) in [6, 6.07) is 4.35. The molecular formula is C19H26FN3O3. The Bertz CT molecular complexity index is 806. The van der Waals surface area contributed by atoms with Gasteiger partial charge in [-0.05, 0) is 58.7 Å². The summed E-state index contributed by atoms with van der Waals surface area (Å²) in [5.41, 5.74) is 0.865. The van der Waals surface area contributed by atoms with Crippen LogP contribution in [0.2, 0.25) is 0 Å². The highest BCUT2D eigenvalue weighted by atomic mass is 19.1. The number of hydrogen-bond donors (Lipinski definition) is 1. The number of fused-ring (bicyclic) bond motifs is 1. The topological polar surface area (TPSA) is 65.4 Å². The summed E-state index contributed by atoms with van der Waals surface area (Å²) in [7, 11) is 1.69. The Hall–Kier alpha value is -2.15. The van der Waals surface area contributed by atoms with E-state index in [2.05, 4.69) is 10.3 Å². The molecule has 1 aliphatic carbocycles. The first-order chi connectivity index (χ1) is 12.2. The molecule has 1 aromatic heterocycles. The summed E-state index contributed by atoms with van der Waals surface area (Å²) in [5.74, 6) is 0.386. The van der Waals surface area contributed by atoms with Gasteiger partial charge in [0.2, 0.25) is 0 Å². The molecule has 1 saturated carbocycles. The van der Waals surface area contributed by atoms with Crippen molar-refractivity contribution in [1.29, 1.82) is 0 Å². The smallest absolute Gasteiger partial charge is 0.408 e. The van der Waals surface area contributed by atoms with E-state index in [4.69, 9.17) is 9.47 Å². The molecule has 0 saturated heterocycles. The molecule has 0 aliphatic heterocycles. The van der Waals surface area contributed by atoms with Gasteiger partial charge < -0.3 is 19.4 Å². The van der Waals surface area contributed by atoms with E-state index in [0.29, 0.717) is 11.3 Å². The number of imidazole rings is 1. The first-order valence-electron chi connectivity index (χ1n) is 8.87. The van der Waals surface area contributed by atoms with E-state index < -0.39 is 11.7 Å². The zero-order valence-electron chi connectivity index (χ0n) is 15.9. The van der Waals surface area contributed by atoms with E-state index in [-0.39, 0.29) is 24.0 Å². The SMILES string of the molecule is CO[C@H]1C[C@@H](n2c([C@H](C)NC(=O)OC(C)(C)C)nc3ccc(F)cc32)C1. The maximum Gasteiger partial charge on any atom is 0.408 e. The Labute approximate surface area is 152 Å². The molecule has 1 atom stereocenters. The van der Waals surface area contributed by atoms with Gasteiger partial charge in [0.05, 0.1) is 23.2 Å². The molecular weight excluding hydrogens is 337 g/mol. The van der Waals surface area contributed by atoms with Crippen molar-refractivity contribution in [3.05, 3.63) is 29.8 Å². The van der Waals surface area contributed by atoms with Crippen molar-refractivity contribution in [1.82, 2.24) is 14.9 Å².